The summed E-state index contributed by atoms with van der Waals surface area (Å²) >= 11 is 5.98. The van der Waals surface area contributed by atoms with Crippen molar-refractivity contribution >= 4 is 23.0 Å². The van der Waals surface area contributed by atoms with Crippen molar-refractivity contribution in [2.24, 2.45) is 5.10 Å². The highest BCUT2D eigenvalue weighted by Gasteiger charge is 2.00. The molecule has 0 atom stereocenters. The van der Waals surface area contributed by atoms with E-state index in [-0.39, 0.29) is 0 Å². The lowest BCUT2D eigenvalue weighted by Gasteiger charge is -2.03. The van der Waals surface area contributed by atoms with Gasteiger partial charge in [-0.05, 0) is 31.2 Å². The van der Waals surface area contributed by atoms with Crippen LogP contribution in [0.5, 0.6) is 0 Å². The van der Waals surface area contributed by atoms with Gasteiger partial charge in [0.1, 0.15) is 11.5 Å². The van der Waals surface area contributed by atoms with Crippen molar-refractivity contribution in [1.29, 1.82) is 0 Å². The average Bonchev–Trinajstić information content (AvgIpc) is 2.81. The topological polar surface area (TPSA) is 37.5 Å². The highest BCUT2D eigenvalue weighted by molar-refractivity contribution is 6.33. The number of nitrogens with one attached hydrogen (secondary N) is 1. The number of hydrogen-bond acceptors (Lipinski definition) is 3. The van der Waals surface area contributed by atoms with Crippen LogP contribution in [0.3, 0.4) is 0 Å². The van der Waals surface area contributed by atoms with Gasteiger partial charge in [-0.1, -0.05) is 23.7 Å². The van der Waals surface area contributed by atoms with Gasteiger partial charge < -0.3 is 4.42 Å². The van der Waals surface area contributed by atoms with Crippen LogP contribution in [0.15, 0.2) is 52.2 Å². The fourth-order valence-electron chi connectivity index (χ4n) is 1.24. The maximum absolute atomic E-state index is 5.98. The third kappa shape index (κ3) is 2.44. The Hall–Kier alpha value is -1.74. The zero-order valence-corrected chi connectivity index (χ0v) is 9.53. The summed E-state index contributed by atoms with van der Waals surface area (Å²) in [7, 11) is 0. The second-order valence-corrected chi connectivity index (χ2v) is 3.67. The molecule has 0 saturated heterocycles. The van der Waals surface area contributed by atoms with Gasteiger partial charge in [0.25, 0.3) is 0 Å². The quantitative estimate of drug-likeness (QED) is 0.649. The SMILES string of the molecule is C/C(=N/Nc1ccccc1Cl)c1ccco1. The summed E-state index contributed by atoms with van der Waals surface area (Å²) in [6.07, 6.45) is 1.61. The largest absolute Gasteiger partial charge is 0.463 e. The molecular formula is C12H11ClN2O. The minimum Gasteiger partial charge on any atom is -0.463 e. The molecule has 2 rings (SSSR count). The summed E-state index contributed by atoms with van der Waals surface area (Å²) < 4.78 is 5.21. The second-order valence-electron chi connectivity index (χ2n) is 3.27. The average molecular weight is 235 g/mol. The summed E-state index contributed by atoms with van der Waals surface area (Å²) in [6.45, 7) is 1.86. The molecule has 0 aliphatic heterocycles. The van der Waals surface area contributed by atoms with Gasteiger partial charge in [-0.2, -0.15) is 5.10 Å². The van der Waals surface area contributed by atoms with E-state index in [0.29, 0.717) is 5.02 Å². The summed E-state index contributed by atoms with van der Waals surface area (Å²) in [5.74, 6) is 0.736. The predicted molar refractivity (Wildman–Crippen MR) is 66.0 cm³/mol. The van der Waals surface area contributed by atoms with Crippen LogP contribution in [0.25, 0.3) is 0 Å². The first-order valence-corrected chi connectivity index (χ1v) is 5.24. The van der Waals surface area contributed by atoms with Gasteiger partial charge in [-0.25, -0.2) is 0 Å². The van der Waals surface area contributed by atoms with E-state index in [1.807, 2.05) is 43.3 Å². The maximum atomic E-state index is 5.98. The third-order valence-corrected chi connectivity index (χ3v) is 2.43. The van der Waals surface area contributed by atoms with Gasteiger partial charge in [0.05, 0.1) is 17.0 Å². The van der Waals surface area contributed by atoms with Gasteiger partial charge >= 0.3 is 0 Å². The minimum atomic E-state index is 0.637. The Morgan fingerprint density at radius 1 is 1.25 bits per heavy atom. The monoisotopic (exact) mass is 234 g/mol. The molecule has 0 bridgehead atoms. The van der Waals surface area contributed by atoms with Crippen molar-refractivity contribution in [3.63, 3.8) is 0 Å². The molecule has 16 heavy (non-hydrogen) atoms. The number of benzene rings is 1. The molecule has 0 saturated carbocycles. The molecule has 0 amide bonds. The number of para-hydroxylation sites is 1. The van der Waals surface area contributed by atoms with Crippen molar-refractivity contribution in [2.45, 2.75) is 6.92 Å². The van der Waals surface area contributed by atoms with Crippen LogP contribution in [0, 0.1) is 0 Å². The Morgan fingerprint density at radius 2 is 2.06 bits per heavy atom. The molecular weight excluding hydrogens is 224 g/mol. The number of rotatable bonds is 3. The van der Waals surface area contributed by atoms with Gasteiger partial charge in [-0.3, -0.25) is 5.43 Å². The van der Waals surface area contributed by atoms with Crippen LogP contribution in [0.4, 0.5) is 5.69 Å². The molecule has 1 heterocycles. The van der Waals surface area contributed by atoms with Crippen LogP contribution in [0.2, 0.25) is 5.02 Å². The molecule has 0 aliphatic carbocycles. The van der Waals surface area contributed by atoms with E-state index in [9.17, 15) is 0 Å². The normalized spacial score (nSPS) is 11.5. The first-order valence-electron chi connectivity index (χ1n) is 4.86. The zero-order valence-electron chi connectivity index (χ0n) is 8.77. The van der Waals surface area contributed by atoms with Crippen LogP contribution in [0.1, 0.15) is 12.7 Å². The summed E-state index contributed by atoms with van der Waals surface area (Å²) in [5, 5.41) is 4.82. The molecule has 82 valence electrons. The molecule has 0 aliphatic rings. The lowest BCUT2D eigenvalue weighted by atomic mass is 10.3. The highest BCUT2D eigenvalue weighted by atomic mass is 35.5. The Bertz CT molecular complexity index is 491. The molecule has 0 unspecified atom stereocenters. The lowest BCUT2D eigenvalue weighted by molar-refractivity contribution is 0.557. The molecule has 0 fully saturated rings. The summed E-state index contributed by atoms with van der Waals surface area (Å²) in [5.41, 5.74) is 4.44. The minimum absolute atomic E-state index is 0.637. The molecule has 3 nitrogen and oxygen atoms in total. The van der Waals surface area contributed by atoms with Crippen molar-refractivity contribution in [2.75, 3.05) is 5.43 Å². The van der Waals surface area contributed by atoms with E-state index >= 15 is 0 Å². The van der Waals surface area contributed by atoms with E-state index in [1.54, 1.807) is 6.26 Å². The van der Waals surface area contributed by atoms with Gasteiger partial charge in [0.15, 0.2) is 0 Å². The Morgan fingerprint density at radius 3 is 2.75 bits per heavy atom. The van der Waals surface area contributed by atoms with Crippen LogP contribution >= 0.6 is 11.6 Å². The second kappa shape index (κ2) is 4.86. The predicted octanol–water partition coefficient (Wildman–Crippen LogP) is 3.77. The van der Waals surface area contributed by atoms with Gasteiger partial charge in [0.2, 0.25) is 0 Å². The molecule has 0 spiro atoms. The number of nitrogens with zero attached hydrogens (tertiary/aromatic N) is 1. The molecule has 1 N–H and O–H groups in total. The molecule has 2 aromatic rings. The Kier molecular flexibility index (Phi) is 3.27. The molecule has 1 aromatic carbocycles. The lowest BCUT2D eigenvalue weighted by Crippen LogP contribution is -1.98. The standard InChI is InChI=1S/C12H11ClN2O/c1-9(12-7-4-8-16-12)14-15-11-6-3-2-5-10(11)13/h2-8,15H,1H3/b14-9-. The number of hydrogen-bond donors (Lipinski definition) is 1. The van der Waals surface area contributed by atoms with E-state index < -0.39 is 0 Å². The fourth-order valence-corrected chi connectivity index (χ4v) is 1.41. The third-order valence-electron chi connectivity index (χ3n) is 2.10. The molecule has 1 aromatic heterocycles. The first kappa shape index (κ1) is 10.8. The van der Waals surface area contributed by atoms with Crippen molar-refractivity contribution in [1.82, 2.24) is 0 Å². The van der Waals surface area contributed by atoms with E-state index in [1.165, 1.54) is 0 Å². The first-order chi connectivity index (χ1) is 7.77. The Labute approximate surface area is 98.7 Å². The fraction of sp³-hybridized carbons (Fsp3) is 0.0833. The number of furan rings is 1. The number of halogens is 1. The zero-order chi connectivity index (χ0) is 11.4. The summed E-state index contributed by atoms with van der Waals surface area (Å²) in [4.78, 5) is 0. The van der Waals surface area contributed by atoms with Crippen molar-refractivity contribution in [3.8, 4) is 0 Å². The van der Waals surface area contributed by atoms with E-state index in [0.717, 1.165) is 17.2 Å². The smallest absolute Gasteiger partial charge is 0.149 e. The van der Waals surface area contributed by atoms with Crippen LogP contribution in [-0.4, -0.2) is 5.71 Å². The van der Waals surface area contributed by atoms with Crippen molar-refractivity contribution in [3.05, 3.63) is 53.4 Å². The summed E-state index contributed by atoms with van der Waals surface area (Å²) in [6, 6.07) is 11.1. The highest BCUT2D eigenvalue weighted by Crippen LogP contribution is 2.20. The Balaban J connectivity index is 2.13. The van der Waals surface area contributed by atoms with Crippen LogP contribution < -0.4 is 5.43 Å². The van der Waals surface area contributed by atoms with Crippen molar-refractivity contribution < 1.29 is 4.42 Å². The molecule has 0 radical (unpaired) electrons. The van der Waals surface area contributed by atoms with Gasteiger partial charge in [0, 0.05) is 0 Å². The van der Waals surface area contributed by atoms with Crippen LogP contribution in [-0.2, 0) is 0 Å². The van der Waals surface area contributed by atoms with E-state index in [4.69, 9.17) is 16.0 Å². The van der Waals surface area contributed by atoms with E-state index in [2.05, 4.69) is 10.5 Å². The van der Waals surface area contributed by atoms with Gasteiger partial charge in [-0.15, -0.1) is 0 Å². The molecule has 4 heteroatoms. The number of anilines is 1. The number of hydrazone groups is 1. The maximum Gasteiger partial charge on any atom is 0.149 e.